The van der Waals surface area contributed by atoms with E-state index in [0.29, 0.717) is 0 Å². The van der Waals surface area contributed by atoms with E-state index in [-0.39, 0.29) is 0 Å². The Morgan fingerprint density at radius 3 is 2.48 bits per heavy atom. The fourth-order valence-electron chi connectivity index (χ4n) is 2.17. The SMILES string of the molecule is CCc1ccc(NCc2nc(-c3ccccc3)cs2)cc1. The summed E-state index contributed by atoms with van der Waals surface area (Å²) in [6, 6.07) is 18.9. The molecule has 21 heavy (non-hydrogen) atoms. The average molecular weight is 294 g/mol. The van der Waals surface area contributed by atoms with Crippen LogP contribution in [0.15, 0.2) is 60.0 Å². The molecule has 2 nitrogen and oxygen atoms in total. The Morgan fingerprint density at radius 1 is 1.00 bits per heavy atom. The quantitative estimate of drug-likeness (QED) is 0.717. The van der Waals surface area contributed by atoms with Crippen LogP contribution in [0.1, 0.15) is 17.5 Å². The van der Waals surface area contributed by atoms with Gasteiger partial charge in [0.1, 0.15) is 5.01 Å². The van der Waals surface area contributed by atoms with Crippen molar-refractivity contribution < 1.29 is 0 Å². The van der Waals surface area contributed by atoms with E-state index in [9.17, 15) is 0 Å². The average Bonchev–Trinajstić information content (AvgIpc) is 3.03. The summed E-state index contributed by atoms with van der Waals surface area (Å²) in [5, 5.41) is 6.65. The van der Waals surface area contributed by atoms with Crippen molar-refractivity contribution in [3.63, 3.8) is 0 Å². The summed E-state index contributed by atoms with van der Waals surface area (Å²) in [6.07, 6.45) is 1.08. The molecule has 106 valence electrons. The van der Waals surface area contributed by atoms with Crippen LogP contribution in [0.4, 0.5) is 5.69 Å². The largest absolute Gasteiger partial charge is 0.379 e. The Morgan fingerprint density at radius 2 is 1.76 bits per heavy atom. The van der Waals surface area contributed by atoms with Crippen molar-refractivity contribution in [2.45, 2.75) is 19.9 Å². The standard InChI is InChI=1S/C18H18N2S/c1-2-14-8-10-16(11-9-14)19-12-18-20-17(13-21-18)15-6-4-3-5-7-15/h3-11,13,19H,2,12H2,1H3. The van der Waals surface area contributed by atoms with Crippen molar-refractivity contribution >= 4 is 17.0 Å². The lowest BCUT2D eigenvalue weighted by atomic mass is 10.1. The minimum Gasteiger partial charge on any atom is -0.379 e. The van der Waals surface area contributed by atoms with E-state index in [1.54, 1.807) is 11.3 Å². The second kappa shape index (κ2) is 6.55. The highest BCUT2D eigenvalue weighted by Gasteiger charge is 2.04. The third kappa shape index (κ3) is 3.50. The zero-order valence-electron chi connectivity index (χ0n) is 12.0. The van der Waals surface area contributed by atoms with Gasteiger partial charge in [0.2, 0.25) is 0 Å². The first-order chi connectivity index (χ1) is 10.3. The highest BCUT2D eigenvalue weighted by molar-refractivity contribution is 7.09. The Hall–Kier alpha value is -2.13. The maximum atomic E-state index is 4.69. The molecule has 1 heterocycles. The van der Waals surface area contributed by atoms with E-state index in [1.807, 2.05) is 18.2 Å². The maximum absolute atomic E-state index is 4.69. The lowest BCUT2D eigenvalue weighted by Gasteiger charge is -2.05. The molecule has 0 bridgehead atoms. The van der Waals surface area contributed by atoms with E-state index in [0.717, 1.165) is 29.4 Å². The molecule has 0 saturated heterocycles. The van der Waals surface area contributed by atoms with Crippen LogP contribution in [0.2, 0.25) is 0 Å². The molecule has 3 rings (SSSR count). The number of rotatable bonds is 5. The van der Waals surface area contributed by atoms with Crippen LogP contribution in [0, 0.1) is 0 Å². The van der Waals surface area contributed by atoms with Gasteiger partial charge in [-0.3, -0.25) is 0 Å². The molecule has 3 heteroatoms. The molecule has 0 aliphatic heterocycles. The molecular weight excluding hydrogens is 276 g/mol. The van der Waals surface area contributed by atoms with Crippen LogP contribution in [-0.4, -0.2) is 4.98 Å². The maximum Gasteiger partial charge on any atom is 0.112 e. The third-order valence-corrected chi connectivity index (χ3v) is 4.28. The third-order valence-electron chi connectivity index (χ3n) is 3.43. The van der Waals surface area contributed by atoms with Crippen molar-refractivity contribution in [3.05, 3.63) is 70.5 Å². The normalized spacial score (nSPS) is 10.5. The molecule has 0 radical (unpaired) electrons. The molecule has 1 N–H and O–H groups in total. The number of nitrogens with one attached hydrogen (secondary N) is 1. The van der Waals surface area contributed by atoms with Crippen molar-refractivity contribution in [1.29, 1.82) is 0 Å². The topological polar surface area (TPSA) is 24.9 Å². The van der Waals surface area contributed by atoms with Crippen molar-refractivity contribution in [2.75, 3.05) is 5.32 Å². The van der Waals surface area contributed by atoms with Gasteiger partial charge in [-0.2, -0.15) is 0 Å². The number of nitrogens with zero attached hydrogens (tertiary/aromatic N) is 1. The highest BCUT2D eigenvalue weighted by Crippen LogP contribution is 2.22. The first-order valence-electron chi connectivity index (χ1n) is 7.18. The zero-order chi connectivity index (χ0) is 14.5. The Labute approximate surface area is 129 Å². The molecule has 0 fully saturated rings. The highest BCUT2D eigenvalue weighted by atomic mass is 32.1. The van der Waals surface area contributed by atoms with Gasteiger partial charge in [-0.25, -0.2) is 4.98 Å². The van der Waals surface area contributed by atoms with E-state index in [4.69, 9.17) is 0 Å². The second-order valence-corrected chi connectivity index (χ2v) is 5.84. The van der Waals surface area contributed by atoms with Gasteiger partial charge in [-0.15, -0.1) is 11.3 Å². The van der Waals surface area contributed by atoms with Crippen LogP contribution in [0.3, 0.4) is 0 Å². The summed E-state index contributed by atoms with van der Waals surface area (Å²) in [4.78, 5) is 4.69. The number of hydrogen-bond acceptors (Lipinski definition) is 3. The zero-order valence-corrected chi connectivity index (χ0v) is 12.9. The monoisotopic (exact) mass is 294 g/mol. The number of aromatic nitrogens is 1. The van der Waals surface area contributed by atoms with Crippen molar-refractivity contribution in [3.8, 4) is 11.3 Å². The number of anilines is 1. The summed E-state index contributed by atoms with van der Waals surface area (Å²) in [6.45, 7) is 2.94. The van der Waals surface area contributed by atoms with Gasteiger partial charge in [-0.05, 0) is 24.1 Å². The Kier molecular flexibility index (Phi) is 4.31. The molecule has 0 aliphatic carbocycles. The Bertz CT molecular complexity index is 687. The van der Waals surface area contributed by atoms with Crippen LogP contribution in [0.5, 0.6) is 0 Å². The van der Waals surface area contributed by atoms with Gasteiger partial charge >= 0.3 is 0 Å². The molecule has 0 atom stereocenters. The minimum absolute atomic E-state index is 0.767. The van der Waals surface area contributed by atoms with E-state index in [1.165, 1.54) is 11.1 Å². The van der Waals surface area contributed by atoms with Gasteiger partial charge in [0, 0.05) is 16.6 Å². The molecule has 0 amide bonds. The number of thiazole rings is 1. The fraction of sp³-hybridized carbons (Fsp3) is 0.167. The second-order valence-electron chi connectivity index (χ2n) is 4.90. The van der Waals surface area contributed by atoms with Crippen molar-refractivity contribution in [2.24, 2.45) is 0 Å². The molecule has 1 aromatic heterocycles. The van der Waals surface area contributed by atoms with Crippen LogP contribution >= 0.6 is 11.3 Å². The molecule has 0 saturated carbocycles. The number of benzene rings is 2. The smallest absolute Gasteiger partial charge is 0.112 e. The first kappa shape index (κ1) is 13.8. The lowest BCUT2D eigenvalue weighted by Crippen LogP contribution is -1.98. The van der Waals surface area contributed by atoms with Crippen LogP contribution in [-0.2, 0) is 13.0 Å². The predicted molar refractivity (Wildman–Crippen MR) is 90.7 cm³/mol. The fourth-order valence-corrected chi connectivity index (χ4v) is 2.91. The van der Waals surface area contributed by atoms with E-state index >= 15 is 0 Å². The van der Waals surface area contributed by atoms with Crippen molar-refractivity contribution in [1.82, 2.24) is 4.98 Å². The summed E-state index contributed by atoms with van der Waals surface area (Å²) in [5.74, 6) is 0. The van der Waals surface area contributed by atoms with Crippen LogP contribution < -0.4 is 5.32 Å². The van der Waals surface area contributed by atoms with Gasteiger partial charge in [-0.1, -0.05) is 49.4 Å². The van der Waals surface area contributed by atoms with Gasteiger partial charge in [0.15, 0.2) is 0 Å². The van der Waals surface area contributed by atoms with Gasteiger partial charge < -0.3 is 5.32 Å². The summed E-state index contributed by atoms with van der Waals surface area (Å²) < 4.78 is 0. The molecule has 2 aromatic carbocycles. The minimum atomic E-state index is 0.767. The van der Waals surface area contributed by atoms with E-state index in [2.05, 4.69) is 59.0 Å². The first-order valence-corrected chi connectivity index (χ1v) is 8.06. The lowest BCUT2D eigenvalue weighted by molar-refractivity contribution is 1.10. The molecule has 3 aromatic rings. The van der Waals surface area contributed by atoms with Gasteiger partial charge in [0.25, 0.3) is 0 Å². The number of hydrogen-bond donors (Lipinski definition) is 1. The molecule has 0 aliphatic rings. The predicted octanol–water partition coefficient (Wildman–Crippen LogP) is 4.98. The summed E-state index contributed by atoms with van der Waals surface area (Å²) >= 11 is 1.70. The van der Waals surface area contributed by atoms with Gasteiger partial charge in [0.05, 0.1) is 12.2 Å². The molecule has 0 unspecified atom stereocenters. The molecular formula is C18H18N2S. The summed E-state index contributed by atoms with van der Waals surface area (Å²) in [7, 11) is 0. The summed E-state index contributed by atoms with van der Waals surface area (Å²) in [5.41, 5.74) is 4.73. The number of aryl methyl sites for hydroxylation is 1. The molecule has 0 spiro atoms. The van der Waals surface area contributed by atoms with Crippen LogP contribution in [0.25, 0.3) is 11.3 Å². The van der Waals surface area contributed by atoms with E-state index < -0.39 is 0 Å². The Balaban J connectivity index is 1.64.